The van der Waals surface area contributed by atoms with Gasteiger partial charge in [0.15, 0.2) is 5.78 Å². The van der Waals surface area contributed by atoms with Crippen molar-refractivity contribution in [3.05, 3.63) is 0 Å². The molecule has 11 nitrogen and oxygen atoms in total. The number of likely N-dealkylation sites (tertiary alicyclic amines) is 1. The average Bonchev–Trinajstić information content (AvgIpc) is 3.90. The molecule has 1 unspecified atom stereocenters. The Labute approximate surface area is 267 Å². The quantitative estimate of drug-likeness (QED) is 0.228. The van der Waals surface area contributed by atoms with Gasteiger partial charge in [-0.3, -0.25) is 24.0 Å². The Bertz CT molecular complexity index is 1160. The number of carbonyl (C=O) groups is 6. The van der Waals surface area contributed by atoms with Crippen LogP contribution in [-0.4, -0.2) is 70.9 Å². The molecule has 0 aromatic heterocycles. The van der Waals surface area contributed by atoms with E-state index in [1.54, 1.807) is 0 Å². The van der Waals surface area contributed by atoms with Gasteiger partial charge in [-0.1, -0.05) is 73.6 Å². The van der Waals surface area contributed by atoms with E-state index in [0.717, 1.165) is 57.8 Å². The van der Waals surface area contributed by atoms with Crippen LogP contribution in [0.2, 0.25) is 0 Å². The molecule has 0 aromatic carbocycles. The Morgan fingerprint density at radius 1 is 0.889 bits per heavy atom. The van der Waals surface area contributed by atoms with Crippen LogP contribution in [0.3, 0.4) is 0 Å². The van der Waals surface area contributed by atoms with Crippen LogP contribution >= 0.6 is 0 Å². The molecule has 0 aromatic rings. The summed E-state index contributed by atoms with van der Waals surface area (Å²) in [6, 6.07) is -4.05. The summed E-state index contributed by atoms with van der Waals surface area (Å²) >= 11 is 0. The maximum Gasteiger partial charge on any atom is 0.316 e. The minimum Gasteiger partial charge on any atom is -0.363 e. The van der Waals surface area contributed by atoms with Crippen molar-refractivity contribution in [3.63, 3.8) is 0 Å². The highest BCUT2D eigenvalue weighted by atomic mass is 16.2. The first-order chi connectivity index (χ1) is 21.0. The zero-order chi connectivity index (χ0) is 33.3. The standard InChI is InChI=1S/C34H55N5O6/c1-19(2)22-14-17-39(25(22)30(43)36-23(18-20-12-13-20)26(40)29(35)42)31(44)27(33(3,4)5)38-32(45)37-24(21-10-8-7-9-11-21)28(41)34(6)15-16-34/h19-25,27H,7-18H2,1-6H3,(H2,35,42)(H,36,43)(H2,37,38,45)/t22-,23?,24+,25+,27-/m1/s1. The van der Waals surface area contributed by atoms with E-state index in [1.807, 2.05) is 41.5 Å². The summed E-state index contributed by atoms with van der Waals surface area (Å²) in [4.78, 5) is 81.2. The molecule has 252 valence electrons. The van der Waals surface area contributed by atoms with E-state index in [2.05, 4.69) is 16.0 Å². The Hall–Kier alpha value is -2.98. The molecule has 5 amide bonds. The van der Waals surface area contributed by atoms with Crippen LogP contribution in [-0.2, 0) is 24.0 Å². The van der Waals surface area contributed by atoms with Gasteiger partial charge in [0.05, 0.1) is 12.1 Å². The number of urea groups is 1. The number of hydrogen-bond acceptors (Lipinski definition) is 6. The number of nitrogens with two attached hydrogens (primary N) is 1. The minimum absolute atomic E-state index is 0.0580. The van der Waals surface area contributed by atoms with Gasteiger partial charge in [-0.15, -0.1) is 0 Å². The van der Waals surface area contributed by atoms with Gasteiger partial charge in [-0.25, -0.2) is 4.79 Å². The molecule has 5 atom stereocenters. The first kappa shape index (κ1) is 34.9. The molecule has 5 N–H and O–H groups in total. The lowest BCUT2D eigenvalue weighted by atomic mass is 9.79. The fraction of sp³-hybridized carbons (Fsp3) is 0.824. The van der Waals surface area contributed by atoms with Crippen molar-refractivity contribution in [1.82, 2.24) is 20.9 Å². The predicted octanol–water partition coefficient (Wildman–Crippen LogP) is 3.23. The molecule has 0 radical (unpaired) electrons. The molecular weight excluding hydrogens is 574 g/mol. The van der Waals surface area contributed by atoms with Gasteiger partial charge in [0.25, 0.3) is 5.91 Å². The van der Waals surface area contributed by atoms with Gasteiger partial charge in [0, 0.05) is 12.0 Å². The number of amides is 5. The van der Waals surface area contributed by atoms with Gasteiger partial charge in [0.2, 0.25) is 17.6 Å². The van der Waals surface area contributed by atoms with Crippen molar-refractivity contribution < 1.29 is 28.8 Å². The number of ketones is 2. The number of hydrogen-bond donors (Lipinski definition) is 4. The molecule has 4 rings (SSSR count). The van der Waals surface area contributed by atoms with Crippen LogP contribution in [0.1, 0.15) is 112 Å². The van der Waals surface area contributed by atoms with Crippen LogP contribution < -0.4 is 21.7 Å². The maximum absolute atomic E-state index is 14.3. The maximum atomic E-state index is 14.3. The summed E-state index contributed by atoms with van der Waals surface area (Å²) in [7, 11) is 0. The van der Waals surface area contributed by atoms with E-state index in [1.165, 1.54) is 4.90 Å². The van der Waals surface area contributed by atoms with Crippen molar-refractivity contribution in [2.24, 2.45) is 40.2 Å². The molecule has 4 fully saturated rings. The van der Waals surface area contributed by atoms with Gasteiger partial charge in [-0.2, -0.15) is 0 Å². The summed E-state index contributed by atoms with van der Waals surface area (Å²) in [5.41, 5.74) is 4.19. The molecule has 4 aliphatic rings. The highest BCUT2D eigenvalue weighted by Gasteiger charge is 2.51. The van der Waals surface area contributed by atoms with Crippen molar-refractivity contribution in [2.75, 3.05) is 6.54 Å². The molecule has 45 heavy (non-hydrogen) atoms. The highest BCUT2D eigenvalue weighted by Crippen LogP contribution is 2.48. The lowest BCUT2D eigenvalue weighted by Gasteiger charge is -2.38. The molecule has 11 heteroatoms. The van der Waals surface area contributed by atoms with Crippen molar-refractivity contribution in [2.45, 2.75) is 136 Å². The molecule has 0 spiro atoms. The lowest BCUT2D eigenvalue weighted by molar-refractivity contribution is -0.144. The Morgan fingerprint density at radius 3 is 2.02 bits per heavy atom. The lowest BCUT2D eigenvalue weighted by Crippen LogP contribution is -2.62. The van der Waals surface area contributed by atoms with E-state index in [9.17, 15) is 28.8 Å². The summed E-state index contributed by atoms with van der Waals surface area (Å²) in [6.07, 6.45) is 9.37. The average molecular weight is 630 g/mol. The largest absolute Gasteiger partial charge is 0.363 e. The van der Waals surface area contributed by atoms with Gasteiger partial charge < -0.3 is 26.6 Å². The molecule has 1 heterocycles. The third-order valence-electron chi connectivity index (χ3n) is 10.7. The normalized spacial score (nSPS) is 25.2. The van der Waals surface area contributed by atoms with Gasteiger partial charge in [0.1, 0.15) is 12.1 Å². The number of Topliss-reactive ketones (excluding diaryl/α,β-unsaturated/α-hetero) is 2. The second kappa shape index (κ2) is 13.8. The van der Waals surface area contributed by atoms with Crippen LogP contribution in [0.25, 0.3) is 0 Å². The highest BCUT2D eigenvalue weighted by molar-refractivity contribution is 6.37. The molecule has 3 aliphatic carbocycles. The van der Waals surface area contributed by atoms with E-state index in [-0.39, 0.29) is 29.5 Å². The zero-order valence-corrected chi connectivity index (χ0v) is 28.1. The number of nitrogens with one attached hydrogen (secondary N) is 3. The van der Waals surface area contributed by atoms with E-state index < -0.39 is 64.5 Å². The van der Waals surface area contributed by atoms with Crippen LogP contribution in [0.5, 0.6) is 0 Å². The van der Waals surface area contributed by atoms with Crippen molar-refractivity contribution >= 4 is 35.3 Å². The summed E-state index contributed by atoms with van der Waals surface area (Å²) < 4.78 is 0. The van der Waals surface area contributed by atoms with Crippen molar-refractivity contribution in [1.29, 1.82) is 0 Å². The minimum atomic E-state index is -1.09. The molecule has 0 bridgehead atoms. The second-order valence-electron chi connectivity index (χ2n) is 15.9. The molecule has 1 aliphatic heterocycles. The fourth-order valence-electron chi connectivity index (χ4n) is 7.25. The monoisotopic (exact) mass is 629 g/mol. The summed E-state index contributed by atoms with van der Waals surface area (Å²) in [6.45, 7) is 11.8. The number of rotatable bonds is 13. The fourth-order valence-corrected chi connectivity index (χ4v) is 7.25. The number of carbonyl (C=O) groups excluding carboxylic acids is 6. The number of nitrogens with zero attached hydrogens (tertiary/aromatic N) is 1. The van der Waals surface area contributed by atoms with E-state index in [0.29, 0.717) is 19.4 Å². The zero-order valence-electron chi connectivity index (χ0n) is 28.1. The Kier molecular flexibility index (Phi) is 10.7. The van der Waals surface area contributed by atoms with Crippen LogP contribution in [0, 0.1) is 34.5 Å². The topological polar surface area (TPSA) is 168 Å². The molecule has 1 saturated heterocycles. The first-order valence-corrected chi connectivity index (χ1v) is 17.1. The van der Waals surface area contributed by atoms with Gasteiger partial charge in [-0.05, 0) is 67.6 Å². The third kappa shape index (κ3) is 8.44. The number of primary amides is 1. The van der Waals surface area contributed by atoms with E-state index >= 15 is 0 Å². The van der Waals surface area contributed by atoms with E-state index in [4.69, 9.17) is 5.73 Å². The Balaban J connectivity index is 1.53. The van der Waals surface area contributed by atoms with Crippen molar-refractivity contribution in [3.8, 4) is 0 Å². The molecule has 3 saturated carbocycles. The summed E-state index contributed by atoms with van der Waals surface area (Å²) in [5, 5.41) is 8.66. The van der Waals surface area contributed by atoms with Crippen LogP contribution in [0.4, 0.5) is 4.79 Å². The Morgan fingerprint density at radius 2 is 1.51 bits per heavy atom. The van der Waals surface area contributed by atoms with Crippen LogP contribution in [0.15, 0.2) is 0 Å². The molecular formula is C34H55N5O6. The predicted molar refractivity (Wildman–Crippen MR) is 170 cm³/mol. The first-order valence-electron chi connectivity index (χ1n) is 17.1. The summed E-state index contributed by atoms with van der Waals surface area (Å²) in [5.74, 6) is -2.53. The third-order valence-corrected chi connectivity index (χ3v) is 10.7. The second-order valence-corrected chi connectivity index (χ2v) is 15.9. The smallest absolute Gasteiger partial charge is 0.316 e. The SMILES string of the molecule is CC(C)[C@H]1CCN(C(=O)[C@@H](NC(=O)N[C@H](C(=O)C2(C)CC2)C2CCCCC2)C(C)(C)C)[C@@H]1C(=O)NC(CC1CC1)C(=O)C(N)=O. The van der Waals surface area contributed by atoms with Gasteiger partial charge >= 0.3 is 6.03 Å².